The van der Waals surface area contributed by atoms with Crippen molar-refractivity contribution in [2.45, 2.75) is 38.6 Å². The first-order chi connectivity index (χ1) is 9.69. The van der Waals surface area contributed by atoms with E-state index in [4.69, 9.17) is 4.74 Å². The monoisotopic (exact) mass is 283 g/mol. The summed E-state index contributed by atoms with van der Waals surface area (Å²) in [5.74, 6) is 0. The van der Waals surface area contributed by atoms with Gasteiger partial charge in [-0.2, -0.15) is 0 Å². The van der Waals surface area contributed by atoms with Crippen molar-refractivity contribution in [2.24, 2.45) is 5.41 Å². The lowest BCUT2D eigenvalue weighted by Crippen LogP contribution is -2.49. The highest BCUT2D eigenvalue weighted by Gasteiger charge is 2.34. The number of nitrogens with zero attached hydrogens (tertiary/aromatic N) is 2. The molecule has 2 fully saturated rings. The predicted octanol–water partition coefficient (Wildman–Crippen LogP) is 1.42. The second-order valence-electron chi connectivity index (χ2n) is 6.81. The van der Waals surface area contributed by atoms with E-state index < -0.39 is 0 Å². The Labute approximate surface area is 124 Å². The van der Waals surface area contributed by atoms with Gasteiger partial charge >= 0.3 is 0 Å². The molecule has 0 aromatic rings. The summed E-state index contributed by atoms with van der Waals surface area (Å²) in [5, 5.41) is 3.38. The molecule has 1 N–H and O–H groups in total. The van der Waals surface area contributed by atoms with Crippen LogP contribution in [0.5, 0.6) is 0 Å². The van der Waals surface area contributed by atoms with Gasteiger partial charge in [0.25, 0.3) is 0 Å². The Bertz CT molecular complexity index is 273. The third-order valence-electron chi connectivity index (χ3n) is 4.99. The van der Waals surface area contributed by atoms with Gasteiger partial charge < -0.3 is 15.0 Å². The van der Waals surface area contributed by atoms with Gasteiger partial charge in [0.15, 0.2) is 0 Å². The van der Waals surface area contributed by atoms with Gasteiger partial charge in [-0.15, -0.1) is 0 Å². The lowest BCUT2D eigenvalue weighted by molar-refractivity contribution is -0.0240. The van der Waals surface area contributed by atoms with Gasteiger partial charge in [-0.25, -0.2) is 0 Å². The number of likely N-dealkylation sites (tertiary alicyclic amines) is 1. The lowest BCUT2D eigenvalue weighted by Gasteiger charge is -2.41. The van der Waals surface area contributed by atoms with E-state index in [-0.39, 0.29) is 0 Å². The van der Waals surface area contributed by atoms with Crippen LogP contribution in [0.2, 0.25) is 0 Å². The summed E-state index contributed by atoms with van der Waals surface area (Å²) in [4.78, 5) is 5.18. The number of nitrogens with one attached hydrogen (secondary N) is 1. The van der Waals surface area contributed by atoms with Crippen LogP contribution in [0, 0.1) is 5.41 Å². The van der Waals surface area contributed by atoms with E-state index in [0.717, 1.165) is 32.3 Å². The number of hydrogen-bond acceptors (Lipinski definition) is 4. The zero-order chi connectivity index (χ0) is 14.4. The van der Waals surface area contributed by atoms with Crippen molar-refractivity contribution in [3.8, 4) is 0 Å². The molecule has 0 saturated carbocycles. The Morgan fingerprint density at radius 1 is 1.40 bits per heavy atom. The fourth-order valence-electron chi connectivity index (χ4n) is 4.12. The normalized spacial score (nSPS) is 32.1. The molecule has 0 radical (unpaired) electrons. The third kappa shape index (κ3) is 4.17. The van der Waals surface area contributed by atoms with Gasteiger partial charge in [0, 0.05) is 37.7 Å². The number of ether oxygens (including phenoxy) is 1. The maximum Gasteiger partial charge on any atom is 0.0546 e. The van der Waals surface area contributed by atoms with Crippen molar-refractivity contribution in [3.05, 3.63) is 0 Å². The molecule has 2 aliphatic rings. The summed E-state index contributed by atoms with van der Waals surface area (Å²) >= 11 is 0. The highest BCUT2D eigenvalue weighted by molar-refractivity contribution is 4.88. The van der Waals surface area contributed by atoms with E-state index in [1.807, 2.05) is 0 Å². The van der Waals surface area contributed by atoms with E-state index in [0.29, 0.717) is 5.41 Å². The largest absolute Gasteiger partial charge is 0.381 e. The van der Waals surface area contributed by atoms with E-state index in [2.05, 4.69) is 36.1 Å². The molecule has 0 spiro atoms. The zero-order valence-corrected chi connectivity index (χ0v) is 13.7. The molecule has 0 aromatic carbocycles. The first-order valence-electron chi connectivity index (χ1n) is 8.34. The molecule has 2 atom stereocenters. The van der Waals surface area contributed by atoms with Crippen LogP contribution in [0.1, 0.15) is 32.6 Å². The number of likely N-dealkylation sites (N-methyl/N-ethyl adjacent to an activating group) is 2. The predicted molar refractivity (Wildman–Crippen MR) is 84.2 cm³/mol. The summed E-state index contributed by atoms with van der Waals surface area (Å²) in [6.07, 6.45) is 5.24. The zero-order valence-electron chi connectivity index (χ0n) is 13.7. The Morgan fingerprint density at radius 2 is 2.25 bits per heavy atom. The van der Waals surface area contributed by atoms with Crippen LogP contribution in [0.4, 0.5) is 0 Å². The maximum absolute atomic E-state index is 5.77. The van der Waals surface area contributed by atoms with E-state index in [1.165, 1.54) is 45.3 Å². The second-order valence-corrected chi connectivity index (χ2v) is 6.81. The highest BCUT2D eigenvalue weighted by atomic mass is 16.5. The SMILES string of the molecule is CCN1CCCC1CN(C)CC1(CNC)CCCOC1. The average Bonchev–Trinajstić information content (AvgIpc) is 2.86. The number of rotatable bonds is 7. The minimum atomic E-state index is 0.317. The topological polar surface area (TPSA) is 27.7 Å². The molecule has 2 aliphatic heterocycles. The molecular weight excluding hydrogens is 250 g/mol. The fourth-order valence-corrected chi connectivity index (χ4v) is 4.12. The molecule has 0 amide bonds. The molecule has 4 nitrogen and oxygen atoms in total. The smallest absolute Gasteiger partial charge is 0.0546 e. The lowest BCUT2D eigenvalue weighted by atomic mass is 9.81. The van der Waals surface area contributed by atoms with Gasteiger partial charge in [0.2, 0.25) is 0 Å². The van der Waals surface area contributed by atoms with Crippen LogP contribution in [0.15, 0.2) is 0 Å². The number of hydrogen-bond donors (Lipinski definition) is 1. The average molecular weight is 283 g/mol. The molecule has 0 bridgehead atoms. The Morgan fingerprint density at radius 3 is 2.90 bits per heavy atom. The van der Waals surface area contributed by atoms with Gasteiger partial charge in [-0.1, -0.05) is 6.92 Å². The summed E-state index contributed by atoms with van der Waals surface area (Å²) in [6, 6.07) is 0.765. The fraction of sp³-hybridized carbons (Fsp3) is 1.00. The molecular formula is C16H33N3O. The minimum Gasteiger partial charge on any atom is -0.381 e. The van der Waals surface area contributed by atoms with Crippen LogP contribution in [0.3, 0.4) is 0 Å². The van der Waals surface area contributed by atoms with E-state index >= 15 is 0 Å². The van der Waals surface area contributed by atoms with Crippen LogP contribution < -0.4 is 5.32 Å². The molecule has 2 unspecified atom stereocenters. The van der Waals surface area contributed by atoms with Crippen molar-refractivity contribution in [2.75, 3.05) is 60.0 Å². The van der Waals surface area contributed by atoms with Gasteiger partial charge in [0.05, 0.1) is 6.61 Å². The molecule has 118 valence electrons. The van der Waals surface area contributed by atoms with Crippen molar-refractivity contribution in [1.82, 2.24) is 15.1 Å². The molecule has 4 heteroatoms. The van der Waals surface area contributed by atoms with Gasteiger partial charge in [-0.3, -0.25) is 4.90 Å². The van der Waals surface area contributed by atoms with E-state index in [9.17, 15) is 0 Å². The van der Waals surface area contributed by atoms with Crippen molar-refractivity contribution in [1.29, 1.82) is 0 Å². The summed E-state index contributed by atoms with van der Waals surface area (Å²) in [6.45, 7) is 10.1. The Kier molecular flexibility index (Phi) is 6.27. The quantitative estimate of drug-likeness (QED) is 0.765. The standard InChI is InChI=1S/C16H33N3O/c1-4-19-9-5-7-15(19)11-18(3)13-16(12-17-2)8-6-10-20-14-16/h15,17H,4-14H2,1-3H3. The minimum absolute atomic E-state index is 0.317. The van der Waals surface area contributed by atoms with Crippen molar-refractivity contribution < 1.29 is 4.74 Å². The van der Waals surface area contributed by atoms with Gasteiger partial charge in [-0.05, 0) is 52.9 Å². The Hall–Kier alpha value is -0.160. The van der Waals surface area contributed by atoms with Crippen LogP contribution in [-0.2, 0) is 4.74 Å². The second kappa shape index (κ2) is 7.74. The molecule has 2 heterocycles. The summed E-state index contributed by atoms with van der Waals surface area (Å²) < 4.78 is 5.77. The first-order valence-corrected chi connectivity index (χ1v) is 8.34. The Balaban J connectivity index is 1.86. The molecule has 0 aromatic heterocycles. The molecule has 0 aliphatic carbocycles. The maximum atomic E-state index is 5.77. The van der Waals surface area contributed by atoms with E-state index in [1.54, 1.807) is 0 Å². The molecule has 20 heavy (non-hydrogen) atoms. The van der Waals surface area contributed by atoms with Crippen LogP contribution in [0.25, 0.3) is 0 Å². The molecule has 2 saturated heterocycles. The van der Waals surface area contributed by atoms with Crippen LogP contribution >= 0.6 is 0 Å². The highest BCUT2D eigenvalue weighted by Crippen LogP contribution is 2.29. The molecule has 2 rings (SSSR count). The third-order valence-corrected chi connectivity index (χ3v) is 4.99. The summed E-state index contributed by atoms with van der Waals surface area (Å²) in [7, 11) is 4.35. The van der Waals surface area contributed by atoms with Crippen LogP contribution in [-0.4, -0.2) is 75.9 Å². The van der Waals surface area contributed by atoms with Gasteiger partial charge in [0.1, 0.15) is 0 Å². The van der Waals surface area contributed by atoms with Crippen molar-refractivity contribution in [3.63, 3.8) is 0 Å². The first kappa shape index (κ1) is 16.2. The summed E-state index contributed by atoms with van der Waals surface area (Å²) in [5.41, 5.74) is 0.317. The van der Waals surface area contributed by atoms with Crippen molar-refractivity contribution >= 4 is 0 Å².